The number of fused-ring (bicyclic) bond motifs is 1. The van der Waals surface area contributed by atoms with Crippen molar-refractivity contribution in [2.24, 2.45) is 7.05 Å². The molecule has 1 aliphatic rings. The number of likely N-dealkylation sites (N-methyl/N-ethyl adjacent to an activating group) is 1. The van der Waals surface area contributed by atoms with Crippen molar-refractivity contribution in [2.45, 2.75) is 19.6 Å². The summed E-state index contributed by atoms with van der Waals surface area (Å²) in [5.41, 5.74) is 9.52. The summed E-state index contributed by atoms with van der Waals surface area (Å²) in [6.07, 6.45) is -1.85. The van der Waals surface area contributed by atoms with Crippen LogP contribution in [0, 0.1) is 18.8 Å². The molecule has 1 saturated heterocycles. The fraction of sp³-hybridized carbons (Fsp3) is 0.333. The zero-order chi connectivity index (χ0) is 30.4. The zero-order valence-corrected chi connectivity index (χ0v) is 24.0. The number of nitrogen functional groups attached to an aromatic ring is 1. The highest BCUT2D eigenvalue weighted by molar-refractivity contribution is 5.81. The first-order valence-electron chi connectivity index (χ1n) is 13.3. The minimum absolute atomic E-state index is 0.152. The van der Waals surface area contributed by atoms with Crippen molar-refractivity contribution in [1.29, 1.82) is 0 Å². The van der Waals surface area contributed by atoms with E-state index < -0.39 is 11.7 Å². The molecule has 3 N–H and O–H groups in total. The molecule has 4 aromatic rings. The molecule has 0 unspecified atom stereocenters. The van der Waals surface area contributed by atoms with E-state index >= 15 is 0 Å². The number of hydrogen-bond acceptors (Lipinski definition) is 8. The number of halogens is 3. The van der Waals surface area contributed by atoms with E-state index in [4.69, 9.17) is 5.73 Å². The number of alkyl halides is 3. The predicted octanol–water partition coefficient (Wildman–Crippen LogP) is 3.96. The van der Waals surface area contributed by atoms with Gasteiger partial charge in [0, 0.05) is 63.6 Å². The molecule has 0 bridgehead atoms. The number of carbonyl (C=O) groups is 1. The summed E-state index contributed by atoms with van der Waals surface area (Å²) in [5.74, 6) is 6.19. The number of aldehydes is 1. The molecule has 5 rings (SSSR count). The van der Waals surface area contributed by atoms with E-state index in [1.807, 2.05) is 20.0 Å². The number of aryl methyl sites for hydroxylation is 2. The molecular formula is C30H33F3N8O. The van der Waals surface area contributed by atoms with Crippen LogP contribution in [-0.2, 0) is 19.8 Å². The molecule has 42 heavy (non-hydrogen) atoms. The van der Waals surface area contributed by atoms with E-state index in [9.17, 15) is 18.0 Å². The van der Waals surface area contributed by atoms with E-state index in [0.717, 1.165) is 49.0 Å². The minimum Gasteiger partial charge on any atom is -0.388 e. The lowest BCUT2D eigenvalue weighted by Crippen LogP contribution is -2.44. The largest absolute Gasteiger partial charge is 0.416 e. The maximum atomic E-state index is 13.1. The van der Waals surface area contributed by atoms with Crippen LogP contribution >= 0.6 is 0 Å². The monoisotopic (exact) mass is 578 g/mol. The molecule has 1 aliphatic heterocycles. The van der Waals surface area contributed by atoms with E-state index in [1.165, 1.54) is 6.07 Å². The first-order chi connectivity index (χ1) is 20.0. The van der Waals surface area contributed by atoms with Gasteiger partial charge in [0.25, 0.3) is 0 Å². The van der Waals surface area contributed by atoms with E-state index in [1.54, 1.807) is 49.2 Å². The second-order valence-electron chi connectivity index (χ2n) is 10.1. The molecule has 0 aliphatic carbocycles. The molecule has 220 valence electrons. The van der Waals surface area contributed by atoms with E-state index in [0.29, 0.717) is 34.7 Å². The van der Waals surface area contributed by atoms with Crippen molar-refractivity contribution < 1.29 is 18.0 Å². The number of piperazine rings is 1. The van der Waals surface area contributed by atoms with Gasteiger partial charge < -0.3 is 16.0 Å². The molecule has 2 aromatic heterocycles. The lowest BCUT2D eigenvalue weighted by Gasteiger charge is -2.33. The van der Waals surface area contributed by atoms with Gasteiger partial charge >= 0.3 is 6.18 Å². The lowest BCUT2D eigenvalue weighted by atomic mass is 10.0. The summed E-state index contributed by atoms with van der Waals surface area (Å²) < 4.78 is 41.0. The lowest BCUT2D eigenvalue weighted by molar-refractivity contribution is -0.138. The smallest absolute Gasteiger partial charge is 0.388 e. The SMILES string of the molecule is CNc1ccc(CN2CCN(C)CC2)c(C(F)(F)F)c1.Cc1ccc(C=O)cc1C#Cc1nc(N)nc2c1cnn2C. The van der Waals surface area contributed by atoms with Gasteiger partial charge in [-0.05, 0) is 49.2 Å². The Labute approximate surface area is 242 Å². The number of nitrogens with two attached hydrogens (primary N) is 1. The van der Waals surface area contributed by atoms with Crippen molar-refractivity contribution in [2.75, 3.05) is 51.3 Å². The average Bonchev–Trinajstić information content (AvgIpc) is 3.33. The normalized spacial score (nSPS) is 14.1. The van der Waals surface area contributed by atoms with Crippen LogP contribution < -0.4 is 11.1 Å². The number of hydrogen-bond donors (Lipinski definition) is 2. The third-order valence-electron chi connectivity index (χ3n) is 7.02. The van der Waals surface area contributed by atoms with Crippen molar-refractivity contribution in [3.63, 3.8) is 0 Å². The first kappa shape index (κ1) is 30.5. The van der Waals surface area contributed by atoms with Crippen LogP contribution in [0.25, 0.3) is 11.0 Å². The second-order valence-corrected chi connectivity index (χ2v) is 10.1. The van der Waals surface area contributed by atoms with Crippen LogP contribution in [-0.4, -0.2) is 76.1 Å². The summed E-state index contributed by atoms with van der Waals surface area (Å²) in [5, 5.41) is 7.64. The molecule has 2 aromatic carbocycles. The van der Waals surface area contributed by atoms with Crippen LogP contribution in [0.15, 0.2) is 42.6 Å². The van der Waals surface area contributed by atoms with Crippen LogP contribution in [0.3, 0.4) is 0 Å². The Bertz CT molecular complexity index is 1630. The summed E-state index contributed by atoms with van der Waals surface area (Å²) in [7, 11) is 5.43. The van der Waals surface area contributed by atoms with Gasteiger partial charge in [0.05, 0.1) is 17.1 Å². The molecule has 0 amide bonds. The molecule has 9 nitrogen and oxygen atoms in total. The van der Waals surface area contributed by atoms with Crippen molar-refractivity contribution >= 4 is 29.0 Å². The van der Waals surface area contributed by atoms with E-state index in [2.05, 4.69) is 42.0 Å². The maximum absolute atomic E-state index is 13.1. The van der Waals surface area contributed by atoms with Gasteiger partial charge in [0.15, 0.2) is 5.65 Å². The second kappa shape index (κ2) is 13.0. The molecule has 0 atom stereocenters. The minimum atomic E-state index is -4.31. The number of carbonyl (C=O) groups excluding carboxylic acids is 1. The van der Waals surface area contributed by atoms with Crippen LogP contribution in [0.4, 0.5) is 24.8 Å². The van der Waals surface area contributed by atoms with Gasteiger partial charge in [-0.25, -0.2) is 4.98 Å². The van der Waals surface area contributed by atoms with Gasteiger partial charge in [-0.2, -0.15) is 23.3 Å². The van der Waals surface area contributed by atoms with Crippen LogP contribution in [0.1, 0.15) is 38.3 Å². The highest BCUT2D eigenvalue weighted by Crippen LogP contribution is 2.34. The molecule has 0 radical (unpaired) electrons. The predicted molar refractivity (Wildman–Crippen MR) is 157 cm³/mol. The molecule has 0 saturated carbocycles. The van der Waals surface area contributed by atoms with E-state index in [-0.39, 0.29) is 5.95 Å². The van der Waals surface area contributed by atoms with Gasteiger partial charge in [0.2, 0.25) is 5.95 Å². The standard InChI is InChI=1S/C16H13N5O.C14H20F3N3/c1-10-3-4-11(9-22)7-12(10)5-6-14-13-8-18-21(2)15(13)20-16(17)19-14;1-18-12-4-3-11(13(9-12)14(15,16)17)10-20-7-5-19(2)6-8-20/h3-4,7-9H,1-2H3,(H2,17,19,20);3-4,9,18H,5-8,10H2,1-2H3. The fourth-order valence-electron chi connectivity index (χ4n) is 4.49. The Balaban J connectivity index is 0.000000194. The number of aromatic nitrogens is 4. The van der Waals surface area contributed by atoms with Gasteiger partial charge in [-0.15, -0.1) is 0 Å². The Hall–Kier alpha value is -4.47. The fourth-order valence-corrected chi connectivity index (χ4v) is 4.49. The van der Waals surface area contributed by atoms with Crippen LogP contribution in [0.2, 0.25) is 0 Å². The molecular weight excluding hydrogens is 545 g/mol. The molecule has 3 heterocycles. The summed E-state index contributed by atoms with van der Waals surface area (Å²) in [6.45, 7) is 5.70. The molecule has 12 heteroatoms. The number of nitrogens with zero attached hydrogens (tertiary/aromatic N) is 6. The zero-order valence-electron chi connectivity index (χ0n) is 24.0. The van der Waals surface area contributed by atoms with Gasteiger partial charge in [-0.1, -0.05) is 24.1 Å². The quantitative estimate of drug-likeness (QED) is 0.277. The molecule has 0 spiro atoms. The Morgan fingerprint density at radius 2 is 1.79 bits per heavy atom. The topological polar surface area (TPSA) is 105 Å². The highest BCUT2D eigenvalue weighted by Gasteiger charge is 2.34. The average molecular weight is 579 g/mol. The highest BCUT2D eigenvalue weighted by atomic mass is 19.4. The third kappa shape index (κ3) is 7.43. The number of nitrogens with one attached hydrogen (secondary N) is 1. The number of rotatable bonds is 4. The van der Waals surface area contributed by atoms with Gasteiger partial charge in [-0.3, -0.25) is 14.4 Å². The van der Waals surface area contributed by atoms with Crippen molar-refractivity contribution in [3.8, 4) is 11.8 Å². The van der Waals surface area contributed by atoms with Crippen molar-refractivity contribution in [1.82, 2.24) is 29.5 Å². The Morgan fingerprint density at radius 1 is 1.05 bits per heavy atom. The third-order valence-corrected chi connectivity index (χ3v) is 7.02. The van der Waals surface area contributed by atoms with Crippen molar-refractivity contribution in [3.05, 3.63) is 76.1 Å². The number of anilines is 2. The summed E-state index contributed by atoms with van der Waals surface area (Å²) in [4.78, 5) is 23.4. The van der Waals surface area contributed by atoms with Crippen LogP contribution in [0.5, 0.6) is 0 Å². The Morgan fingerprint density at radius 3 is 2.45 bits per heavy atom. The first-order valence-corrected chi connectivity index (χ1v) is 13.3. The Kier molecular flexibility index (Phi) is 9.45. The number of benzene rings is 2. The molecule has 1 fully saturated rings. The summed E-state index contributed by atoms with van der Waals surface area (Å²) >= 11 is 0. The van der Waals surface area contributed by atoms with Gasteiger partial charge in [0.1, 0.15) is 12.0 Å². The maximum Gasteiger partial charge on any atom is 0.416 e. The summed E-state index contributed by atoms with van der Waals surface area (Å²) in [6, 6.07) is 9.83.